The molecule has 1 fully saturated rings. The van der Waals surface area contributed by atoms with Gasteiger partial charge in [0.05, 0.1) is 0 Å². The Morgan fingerprint density at radius 2 is 1.73 bits per heavy atom. The molecule has 26 heavy (non-hydrogen) atoms. The van der Waals surface area contributed by atoms with E-state index in [1.165, 1.54) is 5.69 Å². The Morgan fingerprint density at radius 3 is 2.54 bits per heavy atom. The van der Waals surface area contributed by atoms with E-state index < -0.39 is 0 Å². The van der Waals surface area contributed by atoms with Crippen LogP contribution in [0, 0.1) is 0 Å². The highest BCUT2D eigenvalue weighted by Crippen LogP contribution is 2.21. The molecule has 2 aromatic carbocycles. The van der Waals surface area contributed by atoms with Crippen molar-refractivity contribution in [3.05, 3.63) is 60.2 Å². The van der Waals surface area contributed by atoms with Crippen molar-refractivity contribution in [2.45, 2.75) is 19.0 Å². The lowest BCUT2D eigenvalue weighted by atomic mass is 10.1. The SMILES string of the molecule is O=C(CCC1N=Cc2ccccc2N1)N1CCN(c2ccccc2)CC1. The van der Waals surface area contributed by atoms with Crippen LogP contribution in [0.2, 0.25) is 0 Å². The molecule has 5 nitrogen and oxygen atoms in total. The molecule has 2 aliphatic heterocycles. The Morgan fingerprint density at radius 1 is 1.00 bits per heavy atom. The van der Waals surface area contributed by atoms with Crippen molar-refractivity contribution in [1.82, 2.24) is 4.90 Å². The zero-order chi connectivity index (χ0) is 17.8. The zero-order valence-electron chi connectivity index (χ0n) is 14.8. The van der Waals surface area contributed by atoms with Gasteiger partial charge in [0, 0.05) is 55.8 Å². The van der Waals surface area contributed by atoms with E-state index in [9.17, 15) is 4.79 Å². The molecule has 1 saturated heterocycles. The number of piperazine rings is 1. The first-order valence-electron chi connectivity index (χ1n) is 9.26. The number of anilines is 2. The summed E-state index contributed by atoms with van der Waals surface area (Å²) >= 11 is 0. The fourth-order valence-electron chi connectivity index (χ4n) is 3.55. The van der Waals surface area contributed by atoms with Crippen LogP contribution in [0.4, 0.5) is 11.4 Å². The number of carbonyl (C=O) groups excluding carboxylic acids is 1. The Hall–Kier alpha value is -2.82. The summed E-state index contributed by atoms with van der Waals surface area (Å²) in [4.78, 5) is 21.4. The Balaban J connectivity index is 1.25. The molecule has 134 valence electrons. The minimum atomic E-state index is -0.0144. The van der Waals surface area contributed by atoms with E-state index in [1.807, 2.05) is 35.4 Å². The number of hydrogen-bond donors (Lipinski definition) is 1. The molecule has 1 N–H and O–H groups in total. The normalized spacial score (nSPS) is 19.0. The van der Waals surface area contributed by atoms with E-state index in [0.717, 1.165) is 43.9 Å². The summed E-state index contributed by atoms with van der Waals surface area (Å²) in [6, 6.07) is 18.5. The molecule has 1 amide bonds. The van der Waals surface area contributed by atoms with Gasteiger partial charge in [-0.3, -0.25) is 9.79 Å². The molecule has 1 atom stereocenters. The lowest BCUT2D eigenvalue weighted by Crippen LogP contribution is -2.48. The van der Waals surface area contributed by atoms with Crippen molar-refractivity contribution in [3.8, 4) is 0 Å². The third-order valence-corrected chi connectivity index (χ3v) is 5.06. The number of para-hydroxylation sites is 2. The molecule has 0 saturated carbocycles. The fourth-order valence-corrected chi connectivity index (χ4v) is 3.55. The van der Waals surface area contributed by atoms with Crippen LogP contribution in [0.1, 0.15) is 18.4 Å². The van der Waals surface area contributed by atoms with Crippen LogP contribution >= 0.6 is 0 Å². The molecule has 0 aromatic heterocycles. The number of amides is 1. The predicted molar refractivity (Wildman–Crippen MR) is 106 cm³/mol. The van der Waals surface area contributed by atoms with E-state index in [4.69, 9.17) is 0 Å². The Kier molecular flexibility index (Phi) is 4.86. The van der Waals surface area contributed by atoms with E-state index in [0.29, 0.717) is 6.42 Å². The van der Waals surface area contributed by atoms with Crippen molar-refractivity contribution < 1.29 is 4.79 Å². The summed E-state index contributed by atoms with van der Waals surface area (Å²) in [5.74, 6) is 0.230. The molecule has 0 radical (unpaired) electrons. The van der Waals surface area contributed by atoms with Gasteiger partial charge in [-0.25, -0.2) is 0 Å². The molecule has 0 aliphatic carbocycles. The maximum Gasteiger partial charge on any atom is 0.222 e. The van der Waals surface area contributed by atoms with Crippen molar-refractivity contribution >= 4 is 23.5 Å². The first-order valence-corrected chi connectivity index (χ1v) is 9.26. The smallest absolute Gasteiger partial charge is 0.222 e. The third kappa shape index (κ3) is 3.72. The van der Waals surface area contributed by atoms with Gasteiger partial charge in [-0.1, -0.05) is 36.4 Å². The summed E-state index contributed by atoms with van der Waals surface area (Å²) in [5, 5.41) is 3.41. The maximum absolute atomic E-state index is 12.6. The van der Waals surface area contributed by atoms with Crippen LogP contribution in [-0.2, 0) is 4.79 Å². The van der Waals surface area contributed by atoms with E-state index >= 15 is 0 Å². The summed E-state index contributed by atoms with van der Waals surface area (Å²) in [7, 11) is 0. The number of benzene rings is 2. The second-order valence-electron chi connectivity index (χ2n) is 6.77. The van der Waals surface area contributed by atoms with Gasteiger partial charge in [0.1, 0.15) is 6.17 Å². The minimum Gasteiger partial charge on any atom is -0.368 e. The Bertz CT molecular complexity index is 782. The standard InChI is InChI=1S/C21H24N4O/c26-21(11-10-20-22-16-17-6-4-5-9-19(17)23-20)25-14-12-24(13-15-25)18-7-2-1-3-8-18/h1-9,16,20,23H,10-15H2. The van der Waals surface area contributed by atoms with Gasteiger partial charge in [0.2, 0.25) is 5.91 Å². The number of nitrogens with zero attached hydrogens (tertiary/aromatic N) is 3. The summed E-state index contributed by atoms with van der Waals surface area (Å²) in [6.07, 6.45) is 3.14. The van der Waals surface area contributed by atoms with Gasteiger partial charge in [0.25, 0.3) is 0 Å². The highest BCUT2D eigenvalue weighted by molar-refractivity contribution is 5.89. The molecular weight excluding hydrogens is 324 g/mol. The predicted octanol–water partition coefficient (Wildman–Crippen LogP) is 2.99. The van der Waals surface area contributed by atoms with Crippen molar-refractivity contribution in [3.63, 3.8) is 0 Å². The van der Waals surface area contributed by atoms with Gasteiger partial charge in [-0.15, -0.1) is 0 Å². The number of rotatable bonds is 4. The number of nitrogens with one attached hydrogen (secondary N) is 1. The molecule has 5 heteroatoms. The molecule has 2 heterocycles. The summed E-state index contributed by atoms with van der Waals surface area (Å²) < 4.78 is 0. The number of carbonyl (C=O) groups is 1. The second-order valence-corrected chi connectivity index (χ2v) is 6.77. The minimum absolute atomic E-state index is 0.0144. The van der Waals surface area contributed by atoms with Crippen molar-refractivity contribution in [1.29, 1.82) is 0 Å². The van der Waals surface area contributed by atoms with Gasteiger partial charge >= 0.3 is 0 Å². The average molecular weight is 348 g/mol. The quantitative estimate of drug-likeness (QED) is 0.924. The fraction of sp³-hybridized carbons (Fsp3) is 0.333. The van der Waals surface area contributed by atoms with Crippen LogP contribution in [-0.4, -0.2) is 49.4 Å². The van der Waals surface area contributed by atoms with Crippen molar-refractivity contribution in [2.24, 2.45) is 4.99 Å². The highest BCUT2D eigenvalue weighted by atomic mass is 16.2. The lowest BCUT2D eigenvalue weighted by Gasteiger charge is -2.36. The lowest BCUT2D eigenvalue weighted by molar-refractivity contribution is -0.131. The summed E-state index contributed by atoms with van der Waals surface area (Å²) in [6.45, 7) is 3.36. The van der Waals surface area contributed by atoms with E-state index in [2.05, 4.69) is 45.5 Å². The molecule has 2 aromatic rings. The van der Waals surface area contributed by atoms with Crippen LogP contribution in [0.3, 0.4) is 0 Å². The highest BCUT2D eigenvalue weighted by Gasteiger charge is 2.22. The topological polar surface area (TPSA) is 47.9 Å². The van der Waals surface area contributed by atoms with Crippen molar-refractivity contribution in [2.75, 3.05) is 36.4 Å². The van der Waals surface area contributed by atoms with Gasteiger partial charge < -0.3 is 15.1 Å². The second kappa shape index (κ2) is 7.60. The Labute approximate surface area is 154 Å². The zero-order valence-corrected chi connectivity index (χ0v) is 14.8. The van der Waals surface area contributed by atoms with Crippen LogP contribution < -0.4 is 10.2 Å². The number of fused-ring (bicyclic) bond motifs is 1. The molecule has 0 bridgehead atoms. The monoisotopic (exact) mass is 348 g/mol. The summed E-state index contributed by atoms with van der Waals surface area (Å²) in [5.41, 5.74) is 3.43. The number of aliphatic imine (C=N–C) groups is 1. The van der Waals surface area contributed by atoms with Gasteiger partial charge in [-0.05, 0) is 24.6 Å². The first kappa shape index (κ1) is 16.6. The van der Waals surface area contributed by atoms with Crippen LogP contribution in [0.15, 0.2) is 59.6 Å². The van der Waals surface area contributed by atoms with Gasteiger partial charge in [0.15, 0.2) is 0 Å². The largest absolute Gasteiger partial charge is 0.368 e. The van der Waals surface area contributed by atoms with Crippen LogP contribution in [0.25, 0.3) is 0 Å². The molecule has 1 unspecified atom stereocenters. The molecular formula is C21H24N4O. The van der Waals surface area contributed by atoms with E-state index in [1.54, 1.807) is 0 Å². The van der Waals surface area contributed by atoms with E-state index in [-0.39, 0.29) is 12.1 Å². The number of hydrogen-bond acceptors (Lipinski definition) is 4. The third-order valence-electron chi connectivity index (χ3n) is 5.06. The first-order chi connectivity index (χ1) is 12.8. The maximum atomic E-state index is 12.6. The molecule has 0 spiro atoms. The molecule has 4 rings (SSSR count). The average Bonchev–Trinajstić information content (AvgIpc) is 2.72. The molecule has 2 aliphatic rings. The van der Waals surface area contributed by atoms with Crippen LogP contribution in [0.5, 0.6) is 0 Å². The van der Waals surface area contributed by atoms with Gasteiger partial charge in [-0.2, -0.15) is 0 Å².